The number of halogens is 2. The number of amides is 1. The molecule has 10 heteroatoms. The number of nitrogens with one attached hydrogen (secondary N) is 2. The zero-order valence-corrected chi connectivity index (χ0v) is 18.8. The molecule has 0 spiro atoms. The first-order valence-corrected chi connectivity index (χ1v) is 10.9. The molecule has 0 saturated carbocycles. The highest BCUT2D eigenvalue weighted by Gasteiger charge is 2.27. The van der Waals surface area contributed by atoms with Crippen LogP contribution in [0.25, 0.3) is 10.9 Å². The highest BCUT2D eigenvalue weighted by atomic mass is 19.1. The second-order valence-electron chi connectivity index (χ2n) is 8.05. The number of anilines is 1. The van der Waals surface area contributed by atoms with E-state index in [4.69, 9.17) is 0 Å². The molecule has 2 N–H and O–H groups in total. The third kappa shape index (κ3) is 4.30. The Morgan fingerprint density at radius 2 is 1.97 bits per heavy atom. The van der Waals surface area contributed by atoms with Crippen LogP contribution in [0.4, 0.5) is 14.5 Å². The van der Waals surface area contributed by atoms with Gasteiger partial charge >= 0.3 is 0 Å². The van der Waals surface area contributed by atoms with Gasteiger partial charge in [-0.25, -0.2) is 9.37 Å². The van der Waals surface area contributed by atoms with Crippen LogP contribution in [0.2, 0.25) is 0 Å². The number of nitrogens with zero attached hydrogens (tertiary/aromatic N) is 4. The summed E-state index contributed by atoms with van der Waals surface area (Å²) in [5.41, 5.74) is 1.07. The highest BCUT2D eigenvalue weighted by molar-refractivity contribution is 5.92. The van der Waals surface area contributed by atoms with E-state index < -0.39 is 17.7 Å². The van der Waals surface area contributed by atoms with E-state index in [9.17, 15) is 14.0 Å². The van der Waals surface area contributed by atoms with Crippen LogP contribution in [0.3, 0.4) is 0 Å². The predicted molar refractivity (Wildman–Crippen MR) is 121 cm³/mol. The van der Waals surface area contributed by atoms with Gasteiger partial charge in [0.15, 0.2) is 5.82 Å². The lowest BCUT2D eigenvalue weighted by Crippen LogP contribution is -2.47. The van der Waals surface area contributed by atoms with Gasteiger partial charge in [-0.15, -0.1) is 0 Å². The first-order chi connectivity index (χ1) is 15.8. The fourth-order valence-electron chi connectivity index (χ4n) is 4.19. The number of H-pyrrole nitrogens is 1. The fraction of sp³-hybridized carbons (Fsp3) is 0.391. The van der Waals surface area contributed by atoms with Gasteiger partial charge in [0.05, 0.1) is 22.9 Å². The number of piperazine rings is 1. The summed E-state index contributed by atoms with van der Waals surface area (Å²) in [7, 11) is 1.46. The second kappa shape index (κ2) is 9.22. The van der Waals surface area contributed by atoms with Gasteiger partial charge in [-0.05, 0) is 31.5 Å². The standard InChI is InChI=1S/C23H26F2N6O2/c1-4-14-11-15-12-27-19(18(24)20(15)29-22(14)32)13(2)30-7-9-31(10-8-30)17-6-5-16(23(33)26-3)28-21(17)25/h5-6,11-13H,4,7-10H2,1-3H3,(H,26,33)(H,29,32). The Morgan fingerprint density at radius 3 is 2.61 bits per heavy atom. The summed E-state index contributed by atoms with van der Waals surface area (Å²) < 4.78 is 29.8. The molecule has 1 fully saturated rings. The van der Waals surface area contributed by atoms with E-state index in [0.717, 1.165) is 0 Å². The molecule has 0 radical (unpaired) electrons. The number of hydrogen-bond acceptors (Lipinski definition) is 6. The third-order valence-electron chi connectivity index (χ3n) is 6.20. The molecular weight excluding hydrogens is 430 g/mol. The zero-order chi connectivity index (χ0) is 23.7. The number of carbonyl (C=O) groups excluding carboxylic acids is 1. The summed E-state index contributed by atoms with van der Waals surface area (Å²) in [5, 5.41) is 2.98. The van der Waals surface area contributed by atoms with Crippen molar-refractivity contribution in [1.82, 2.24) is 25.2 Å². The SMILES string of the molecule is CCc1cc2cnc(C(C)N3CCN(c4ccc(C(=O)NC)nc4F)CC3)c(F)c2[nH]c1=O. The summed E-state index contributed by atoms with van der Waals surface area (Å²) in [6.45, 7) is 5.87. The number of pyridine rings is 3. The van der Waals surface area contributed by atoms with Crippen LogP contribution < -0.4 is 15.8 Å². The van der Waals surface area contributed by atoms with E-state index in [1.807, 2.05) is 18.7 Å². The topological polar surface area (TPSA) is 94.2 Å². The maximum Gasteiger partial charge on any atom is 0.269 e. The van der Waals surface area contributed by atoms with Crippen molar-refractivity contribution in [3.05, 3.63) is 63.5 Å². The molecule has 1 aliphatic rings. The molecule has 1 atom stereocenters. The van der Waals surface area contributed by atoms with Crippen molar-refractivity contribution >= 4 is 22.5 Å². The van der Waals surface area contributed by atoms with Crippen molar-refractivity contribution in [3.8, 4) is 0 Å². The molecule has 0 aliphatic carbocycles. The van der Waals surface area contributed by atoms with Crippen LogP contribution in [-0.2, 0) is 6.42 Å². The Balaban J connectivity index is 1.50. The van der Waals surface area contributed by atoms with Gasteiger partial charge in [-0.2, -0.15) is 4.39 Å². The van der Waals surface area contributed by atoms with Gasteiger partial charge < -0.3 is 15.2 Å². The van der Waals surface area contributed by atoms with Gasteiger partial charge in [0, 0.05) is 50.4 Å². The summed E-state index contributed by atoms with van der Waals surface area (Å²) >= 11 is 0. The van der Waals surface area contributed by atoms with Crippen LogP contribution in [0, 0.1) is 11.8 Å². The van der Waals surface area contributed by atoms with Gasteiger partial charge in [0.25, 0.3) is 11.5 Å². The van der Waals surface area contributed by atoms with E-state index in [-0.39, 0.29) is 28.5 Å². The smallest absolute Gasteiger partial charge is 0.269 e. The molecule has 174 valence electrons. The van der Waals surface area contributed by atoms with Crippen LogP contribution >= 0.6 is 0 Å². The maximum absolute atomic E-state index is 15.3. The van der Waals surface area contributed by atoms with Crippen molar-refractivity contribution in [2.75, 3.05) is 38.1 Å². The van der Waals surface area contributed by atoms with Gasteiger partial charge in [-0.1, -0.05) is 6.92 Å². The monoisotopic (exact) mass is 456 g/mol. The van der Waals surface area contributed by atoms with Crippen LogP contribution in [0.5, 0.6) is 0 Å². The molecule has 0 bridgehead atoms. The van der Waals surface area contributed by atoms with E-state index in [1.165, 1.54) is 13.1 Å². The number of aryl methyl sites for hydroxylation is 1. The number of aromatic nitrogens is 3. The summed E-state index contributed by atoms with van der Waals surface area (Å²) in [4.78, 5) is 38.5. The third-order valence-corrected chi connectivity index (χ3v) is 6.20. The Hall–Kier alpha value is -3.40. The van der Waals surface area contributed by atoms with Crippen molar-refractivity contribution in [2.45, 2.75) is 26.3 Å². The van der Waals surface area contributed by atoms with E-state index in [1.54, 1.807) is 18.3 Å². The Kier molecular flexibility index (Phi) is 6.37. The van der Waals surface area contributed by atoms with E-state index in [0.29, 0.717) is 49.2 Å². The van der Waals surface area contributed by atoms with Crippen LogP contribution in [-0.4, -0.2) is 59.0 Å². The molecule has 3 aromatic rings. The normalized spacial score (nSPS) is 15.6. The summed E-state index contributed by atoms with van der Waals surface area (Å²) in [6, 6.07) is 4.39. The Morgan fingerprint density at radius 1 is 1.24 bits per heavy atom. The van der Waals surface area contributed by atoms with E-state index in [2.05, 4.69) is 25.2 Å². The average Bonchev–Trinajstić information content (AvgIpc) is 2.83. The maximum atomic E-state index is 15.3. The van der Waals surface area contributed by atoms with Crippen molar-refractivity contribution in [3.63, 3.8) is 0 Å². The Labute approximate surface area is 189 Å². The minimum absolute atomic E-state index is 0.0213. The number of aromatic amines is 1. The number of carbonyl (C=O) groups is 1. The average molecular weight is 456 g/mol. The molecular formula is C23H26F2N6O2. The first kappa shape index (κ1) is 22.8. The molecule has 4 rings (SSSR count). The zero-order valence-electron chi connectivity index (χ0n) is 18.8. The molecule has 33 heavy (non-hydrogen) atoms. The molecule has 1 aliphatic heterocycles. The lowest BCUT2D eigenvalue weighted by Gasteiger charge is -2.38. The minimum atomic E-state index is -0.699. The number of rotatable bonds is 5. The molecule has 3 aromatic heterocycles. The van der Waals surface area contributed by atoms with Crippen molar-refractivity contribution in [2.24, 2.45) is 0 Å². The second-order valence-corrected chi connectivity index (χ2v) is 8.05. The van der Waals surface area contributed by atoms with Crippen molar-refractivity contribution in [1.29, 1.82) is 0 Å². The van der Waals surface area contributed by atoms with Crippen molar-refractivity contribution < 1.29 is 13.6 Å². The fourth-order valence-corrected chi connectivity index (χ4v) is 4.19. The van der Waals surface area contributed by atoms with E-state index >= 15 is 4.39 Å². The minimum Gasteiger partial charge on any atom is -0.365 e. The predicted octanol–water partition coefficient (Wildman–Crippen LogP) is 2.40. The highest BCUT2D eigenvalue weighted by Crippen LogP contribution is 2.28. The number of hydrogen-bond donors (Lipinski definition) is 2. The van der Waals surface area contributed by atoms with Gasteiger partial charge in [-0.3, -0.25) is 19.5 Å². The first-order valence-electron chi connectivity index (χ1n) is 10.9. The Bertz CT molecular complexity index is 1250. The van der Waals surface area contributed by atoms with Crippen LogP contribution in [0.15, 0.2) is 29.2 Å². The largest absolute Gasteiger partial charge is 0.365 e. The van der Waals surface area contributed by atoms with Crippen LogP contribution in [0.1, 0.15) is 41.6 Å². The summed E-state index contributed by atoms with van der Waals surface area (Å²) in [6.07, 6.45) is 2.14. The molecule has 8 nitrogen and oxygen atoms in total. The number of fused-ring (bicyclic) bond motifs is 1. The lowest BCUT2D eigenvalue weighted by molar-refractivity contribution is 0.0957. The molecule has 1 saturated heterocycles. The lowest BCUT2D eigenvalue weighted by atomic mass is 10.1. The molecule has 0 aromatic carbocycles. The van der Waals surface area contributed by atoms with Gasteiger partial charge in [0.1, 0.15) is 5.69 Å². The van der Waals surface area contributed by atoms with Gasteiger partial charge in [0.2, 0.25) is 5.95 Å². The summed E-state index contributed by atoms with van der Waals surface area (Å²) in [5.74, 6) is -1.67. The molecule has 1 unspecified atom stereocenters. The molecule has 1 amide bonds. The quantitative estimate of drug-likeness (QED) is 0.573. The molecule has 4 heterocycles.